The summed E-state index contributed by atoms with van der Waals surface area (Å²) in [7, 11) is 0. The molecule has 0 radical (unpaired) electrons. The molecule has 0 atom stereocenters. The van der Waals surface area contributed by atoms with Crippen LogP contribution in [-0.2, 0) is 0 Å². The van der Waals surface area contributed by atoms with E-state index in [0.29, 0.717) is 5.76 Å². The fourth-order valence-corrected chi connectivity index (χ4v) is 2.69. The quantitative estimate of drug-likeness (QED) is 0.227. The summed E-state index contributed by atoms with van der Waals surface area (Å²) in [5.41, 5.74) is 0. The van der Waals surface area contributed by atoms with Crippen LogP contribution in [0, 0.1) is 0 Å². The normalized spacial score (nSPS) is 11.8. The zero-order valence-electron chi connectivity index (χ0n) is 15.3. The minimum Gasteiger partial charge on any atom is -0.511 e. The van der Waals surface area contributed by atoms with Crippen LogP contribution in [0.25, 0.3) is 0 Å². The Morgan fingerprint density at radius 3 is 1.64 bits per heavy atom. The van der Waals surface area contributed by atoms with Crippen LogP contribution in [0.5, 0.6) is 0 Å². The number of aliphatic hydroxyl groups is 1. The molecule has 0 saturated heterocycles. The first kappa shape index (κ1) is 21.3. The van der Waals surface area contributed by atoms with Crippen LogP contribution in [-0.4, -0.2) is 11.7 Å². The highest BCUT2D eigenvalue weighted by Crippen LogP contribution is 2.11. The van der Waals surface area contributed by atoms with Gasteiger partial charge < -0.3 is 10.4 Å². The molecule has 0 aromatic rings. The van der Waals surface area contributed by atoms with E-state index < -0.39 is 0 Å². The van der Waals surface area contributed by atoms with E-state index in [0.717, 1.165) is 25.8 Å². The molecule has 132 valence electrons. The van der Waals surface area contributed by atoms with E-state index in [1.54, 1.807) is 6.20 Å². The van der Waals surface area contributed by atoms with Gasteiger partial charge in [0.25, 0.3) is 0 Å². The van der Waals surface area contributed by atoms with Crippen LogP contribution in [0.15, 0.2) is 12.0 Å². The van der Waals surface area contributed by atoms with Gasteiger partial charge in [0.2, 0.25) is 0 Å². The highest BCUT2D eigenvalue weighted by Gasteiger charge is 1.94. The van der Waals surface area contributed by atoms with Crippen LogP contribution < -0.4 is 5.32 Å². The summed E-state index contributed by atoms with van der Waals surface area (Å²) in [4.78, 5) is 0. The molecule has 0 aromatic carbocycles. The van der Waals surface area contributed by atoms with Crippen molar-refractivity contribution in [3.8, 4) is 0 Å². The molecule has 0 spiro atoms. The van der Waals surface area contributed by atoms with Crippen LogP contribution in [0.1, 0.15) is 110 Å². The third kappa shape index (κ3) is 17.4. The molecule has 0 heterocycles. The maximum Gasteiger partial charge on any atom is 0.108 e. The second-order valence-corrected chi connectivity index (χ2v) is 6.58. The second kappa shape index (κ2) is 18.4. The van der Waals surface area contributed by atoms with Crippen LogP contribution in [0.4, 0.5) is 0 Å². The maximum atomic E-state index is 9.57. The minimum atomic E-state index is 0.501. The van der Waals surface area contributed by atoms with Gasteiger partial charge in [0.1, 0.15) is 5.76 Å². The third-order valence-electron chi connectivity index (χ3n) is 4.23. The van der Waals surface area contributed by atoms with Crippen molar-refractivity contribution in [2.24, 2.45) is 0 Å². The summed E-state index contributed by atoms with van der Waals surface area (Å²) >= 11 is 0. The van der Waals surface area contributed by atoms with Gasteiger partial charge in [-0.1, -0.05) is 90.9 Å². The smallest absolute Gasteiger partial charge is 0.108 e. The number of rotatable bonds is 17. The van der Waals surface area contributed by atoms with E-state index in [-0.39, 0.29) is 0 Å². The lowest BCUT2D eigenvalue weighted by molar-refractivity contribution is 0.378. The Hall–Kier alpha value is -0.660. The van der Waals surface area contributed by atoms with E-state index in [2.05, 4.69) is 19.2 Å². The van der Waals surface area contributed by atoms with Crippen molar-refractivity contribution < 1.29 is 5.11 Å². The Labute approximate surface area is 139 Å². The maximum absolute atomic E-state index is 9.57. The number of unbranched alkanes of at least 4 members (excludes halogenated alkanes) is 12. The van der Waals surface area contributed by atoms with Crippen LogP contribution in [0.3, 0.4) is 0 Å². The SMILES string of the molecule is CCCCCCCCCCCCCCNC=C(O)CCCC. The van der Waals surface area contributed by atoms with Gasteiger partial charge >= 0.3 is 0 Å². The van der Waals surface area contributed by atoms with Crippen LogP contribution in [0.2, 0.25) is 0 Å². The van der Waals surface area contributed by atoms with E-state index >= 15 is 0 Å². The average Bonchev–Trinajstić information content (AvgIpc) is 2.53. The van der Waals surface area contributed by atoms with Gasteiger partial charge in [0, 0.05) is 19.2 Å². The molecule has 2 N–H and O–H groups in total. The predicted molar refractivity (Wildman–Crippen MR) is 99.3 cm³/mol. The number of nitrogens with one attached hydrogen (secondary N) is 1. The molecule has 2 nitrogen and oxygen atoms in total. The first-order chi connectivity index (χ1) is 10.8. The predicted octanol–water partition coefficient (Wildman–Crippen LogP) is 6.87. The lowest BCUT2D eigenvalue weighted by Gasteiger charge is -2.04. The zero-order chi connectivity index (χ0) is 16.3. The number of aliphatic hydroxyl groups excluding tert-OH is 1. The molecule has 0 fully saturated rings. The summed E-state index contributed by atoms with van der Waals surface area (Å²) in [5, 5.41) is 12.8. The van der Waals surface area contributed by atoms with Gasteiger partial charge in [-0.25, -0.2) is 0 Å². The Morgan fingerprint density at radius 2 is 1.14 bits per heavy atom. The largest absolute Gasteiger partial charge is 0.511 e. The van der Waals surface area contributed by atoms with E-state index in [9.17, 15) is 5.11 Å². The van der Waals surface area contributed by atoms with E-state index in [4.69, 9.17) is 0 Å². The van der Waals surface area contributed by atoms with Gasteiger partial charge in [-0.05, 0) is 12.8 Å². The standard InChI is InChI=1S/C20H41NO/c1-3-5-7-8-9-10-11-12-13-14-15-16-18-21-19-20(22)17-6-4-2/h19,21-22H,3-18H2,1-2H3. The van der Waals surface area contributed by atoms with E-state index in [1.807, 2.05) is 0 Å². The van der Waals surface area contributed by atoms with Gasteiger partial charge in [-0.3, -0.25) is 0 Å². The summed E-state index contributed by atoms with van der Waals surface area (Å²) in [6.45, 7) is 5.42. The molecule has 0 aromatic heterocycles. The lowest BCUT2D eigenvalue weighted by atomic mass is 10.1. The van der Waals surface area contributed by atoms with Gasteiger partial charge in [-0.15, -0.1) is 0 Å². The monoisotopic (exact) mass is 311 g/mol. The molecule has 0 bridgehead atoms. The molecule has 0 aliphatic carbocycles. The third-order valence-corrected chi connectivity index (χ3v) is 4.23. The van der Waals surface area contributed by atoms with Crippen molar-refractivity contribution in [2.45, 2.75) is 110 Å². The first-order valence-corrected chi connectivity index (χ1v) is 9.92. The second-order valence-electron chi connectivity index (χ2n) is 6.58. The van der Waals surface area contributed by atoms with E-state index in [1.165, 1.54) is 77.0 Å². The summed E-state index contributed by atoms with van der Waals surface area (Å²) in [5.74, 6) is 0.501. The number of allylic oxidation sites excluding steroid dienone is 1. The molecule has 2 heteroatoms. The molecule has 0 unspecified atom stereocenters. The average molecular weight is 312 g/mol. The van der Waals surface area contributed by atoms with Gasteiger partial charge in [0.05, 0.1) is 0 Å². The van der Waals surface area contributed by atoms with Crippen molar-refractivity contribution in [3.05, 3.63) is 12.0 Å². The fourth-order valence-electron chi connectivity index (χ4n) is 2.69. The highest BCUT2D eigenvalue weighted by atomic mass is 16.3. The van der Waals surface area contributed by atoms with Gasteiger partial charge in [0.15, 0.2) is 0 Å². The summed E-state index contributed by atoms with van der Waals surface area (Å²) in [6, 6.07) is 0. The fraction of sp³-hybridized carbons (Fsp3) is 0.900. The molecule has 0 amide bonds. The Bertz CT molecular complexity index is 238. The molecule has 0 aliphatic rings. The summed E-state index contributed by atoms with van der Waals surface area (Å²) < 4.78 is 0. The minimum absolute atomic E-state index is 0.501. The van der Waals surface area contributed by atoms with Crippen molar-refractivity contribution in [1.82, 2.24) is 5.32 Å². The van der Waals surface area contributed by atoms with Gasteiger partial charge in [-0.2, -0.15) is 0 Å². The highest BCUT2D eigenvalue weighted by molar-refractivity contribution is 4.88. The number of hydrogen-bond donors (Lipinski definition) is 2. The van der Waals surface area contributed by atoms with Crippen molar-refractivity contribution in [2.75, 3.05) is 6.54 Å². The van der Waals surface area contributed by atoms with Crippen LogP contribution >= 0.6 is 0 Å². The topological polar surface area (TPSA) is 32.3 Å². The Morgan fingerprint density at radius 1 is 0.682 bits per heavy atom. The molecular weight excluding hydrogens is 270 g/mol. The van der Waals surface area contributed by atoms with Crippen molar-refractivity contribution >= 4 is 0 Å². The molecule has 0 aliphatic heterocycles. The Kier molecular flexibility index (Phi) is 17.8. The molecule has 0 rings (SSSR count). The van der Waals surface area contributed by atoms with Crippen molar-refractivity contribution in [3.63, 3.8) is 0 Å². The lowest BCUT2D eigenvalue weighted by Crippen LogP contribution is -2.08. The summed E-state index contributed by atoms with van der Waals surface area (Å²) in [6.07, 6.45) is 21.5. The molecule has 0 saturated carbocycles. The Balaban J connectivity index is 3.11. The first-order valence-electron chi connectivity index (χ1n) is 9.92. The van der Waals surface area contributed by atoms with Crippen molar-refractivity contribution in [1.29, 1.82) is 0 Å². The molecular formula is C20H41NO. The molecule has 22 heavy (non-hydrogen) atoms. The zero-order valence-corrected chi connectivity index (χ0v) is 15.3. The number of hydrogen-bond acceptors (Lipinski definition) is 2.